The SMILES string of the molecule is CCOC(=O)c1c(CO)nc(C)c(C(=O)OC)c1-c1ccccc1Cl. The van der Waals surface area contributed by atoms with Gasteiger partial charge in [0.25, 0.3) is 0 Å². The monoisotopic (exact) mass is 363 g/mol. The fourth-order valence-corrected chi connectivity index (χ4v) is 2.82. The number of nitrogens with zero attached hydrogens (tertiary/aromatic N) is 1. The van der Waals surface area contributed by atoms with E-state index in [1.54, 1.807) is 38.1 Å². The number of aromatic nitrogens is 1. The van der Waals surface area contributed by atoms with Gasteiger partial charge in [0, 0.05) is 16.1 Å². The van der Waals surface area contributed by atoms with Crippen molar-refractivity contribution in [1.82, 2.24) is 4.98 Å². The number of aliphatic hydroxyl groups excluding tert-OH is 1. The molecule has 132 valence electrons. The molecule has 0 amide bonds. The van der Waals surface area contributed by atoms with E-state index in [2.05, 4.69) is 4.98 Å². The van der Waals surface area contributed by atoms with Crippen LogP contribution in [-0.2, 0) is 16.1 Å². The van der Waals surface area contributed by atoms with Crippen LogP contribution in [-0.4, -0.2) is 35.7 Å². The van der Waals surface area contributed by atoms with Crippen LogP contribution in [0.1, 0.15) is 39.0 Å². The summed E-state index contributed by atoms with van der Waals surface area (Å²) in [5.74, 6) is -1.35. The van der Waals surface area contributed by atoms with Gasteiger partial charge in [0.2, 0.25) is 0 Å². The number of hydrogen-bond donors (Lipinski definition) is 1. The van der Waals surface area contributed by atoms with E-state index in [0.717, 1.165) is 0 Å². The zero-order valence-electron chi connectivity index (χ0n) is 14.1. The zero-order chi connectivity index (χ0) is 18.6. The molecule has 7 heteroatoms. The second kappa shape index (κ2) is 8.09. The first-order valence-electron chi connectivity index (χ1n) is 7.60. The van der Waals surface area contributed by atoms with Gasteiger partial charge in [-0.25, -0.2) is 9.59 Å². The van der Waals surface area contributed by atoms with Crippen LogP contribution < -0.4 is 0 Å². The minimum absolute atomic E-state index is 0.00319. The Morgan fingerprint density at radius 2 is 1.88 bits per heavy atom. The maximum absolute atomic E-state index is 12.5. The van der Waals surface area contributed by atoms with Gasteiger partial charge in [0.15, 0.2) is 0 Å². The van der Waals surface area contributed by atoms with E-state index in [0.29, 0.717) is 16.3 Å². The Hall–Kier alpha value is -2.44. The number of hydrogen-bond acceptors (Lipinski definition) is 6. The predicted molar refractivity (Wildman–Crippen MR) is 92.6 cm³/mol. The molecule has 0 atom stereocenters. The lowest BCUT2D eigenvalue weighted by Gasteiger charge is -2.18. The van der Waals surface area contributed by atoms with Crippen molar-refractivity contribution in [3.05, 3.63) is 51.8 Å². The van der Waals surface area contributed by atoms with Gasteiger partial charge in [-0.2, -0.15) is 0 Å². The number of carbonyl (C=O) groups is 2. The molecule has 0 unspecified atom stereocenters. The average Bonchev–Trinajstić information content (AvgIpc) is 2.60. The Morgan fingerprint density at radius 3 is 2.44 bits per heavy atom. The summed E-state index contributed by atoms with van der Waals surface area (Å²) in [6, 6.07) is 6.77. The largest absolute Gasteiger partial charge is 0.465 e. The van der Waals surface area contributed by atoms with Gasteiger partial charge < -0.3 is 14.6 Å². The van der Waals surface area contributed by atoms with Gasteiger partial charge in [-0.1, -0.05) is 29.8 Å². The fraction of sp³-hybridized carbons (Fsp3) is 0.278. The van der Waals surface area contributed by atoms with Gasteiger partial charge in [0.1, 0.15) is 0 Å². The second-order valence-corrected chi connectivity index (χ2v) is 5.53. The topological polar surface area (TPSA) is 85.7 Å². The maximum atomic E-state index is 12.5. The molecule has 6 nitrogen and oxygen atoms in total. The molecule has 0 aliphatic rings. The van der Waals surface area contributed by atoms with Crippen molar-refractivity contribution in [1.29, 1.82) is 0 Å². The zero-order valence-corrected chi connectivity index (χ0v) is 14.9. The molecule has 0 bridgehead atoms. The number of ether oxygens (including phenoxy) is 2. The van der Waals surface area contributed by atoms with Gasteiger partial charge >= 0.3 is 11.9 Å². The summed E-state index contributed by atoms with van der Waals surface area (Å²) in [7, 11) is 1.24. The van der Waals surface area contributed by atoms with Crippen molar-refractivity contribution in [3.8, 4) is 11.1 Å². The number of benzene rings is 1. The Kier molecular flexibility index (Phi) is 6.12. The van der Waals surface area contributed by atoms with E-state index in [4.69, 9.17) is 21.1 Å². The Balaban J connectivity index is 2.96. The summed E-state index contributed by atoms with van der Waals surface area (Å²) in [5, 5.41) is 10.0. The van der Waals surface area contributed by atoms with Gasteiger partial charge in [-0.15, -0.1) is 0 Å². The molecule has 0 saturated carbocycles. The molecule has 25 heavy (non-hydrogen) atoms. The summed E-state index contributed by atoms with van der Waals surface area (Å²) in [6.07, 6.45) is 0. The molecule has 0 radical (unpaired) electrons. The first-order chi connectivity index (χ1) is 12.0. The van der Waals surface area contributed by atoms with E-state index in [9.17, 15) is 14.7 Å². The third kappa shape index (κ3) is 3.65. The molecule has 0 fully saturated rings. The van der Waals surface area contributed by atoms with Gasteiger partial charge in [-0.3, -0.25) is 4.98 Å². The summed E-state index contributed by atoms with van der Waals surface area (Å²) < 4.78 is 9.95. The van der Waals surface area contributed by atoms with Crippen molar-refractivity contribution in [2.45, 2.75) is 20.5 Å². The van der Waals surface area contributed by atoms with Crippen molar-refractivity contribution in [3.63, 3.8) is 0 Å². The predicted octanol–water partition coefficient (Wildman–Crippen LogP) is 3.17. The quantitative estimate of drug-likeness (QED) is 0.821. The molecule has 1 heterocycles. The van der Waals surface area contributed by atoms with Gasteiger partial charge in [0.05, 0.1) is 42.8 Å². The summed E-state index contributed by atoms with van der Waals surface area (Å²) in [5.41, 5.74) is 1.23. The molecule has 1 N–H and O–H groups in total. The van der Waals surface area contributed by atoms with Crippen molar-refractivity contribution >= 4 is 23.5 Å². The number of pyridine rings is 1. The van der Waals surface area contributed by atoms with Crippen LogP contribution in [0.2, 0.25) is 5.02 Å². The third-order valence-electron chi connectivity index (χ3n) is 3.62. The lowest BCUT2D eigenvalue weighted by Crippen LogP contribution is -2.18. The number of aliphatic hydroxyl groups is 1. The highest BCUT2D eigenvalue weighted by atomic mass is 35.5. The molecule has 0 saturated heterocycles. The number of carbonyl (C=O) groups excluding carboxylic acids is 2. The van der Waals surface area contributed by atoms with Crippen molar-refractivity contribution in [2.75, 3.05) is 13.7 Å². The summed E-state index contributed by atoms with van der Waals surface area (Å²) >= 11 is 6.29. The minimum Gasteiger partial charge on any atom is -0.465 e. The number of rotatable bonds is 5. The van der Waals surface area contributed by atoms with E-state index in [1.807, 2.05) is 0 Å². The highest BCUT2D eigenvalue weighted by Crippen LogP contribution is 2.36. The smallest absolute Gasteiger partial charge is 0.340 e. The molecule has 2 rings (SSSR count). The van der Waals surface area contributed by atoms with Crippen LogP contribution in [0.15, 0.2) is 24.3 Å². The first-order valence-corrected chi connectivity index (χ1v) is 7.98. The highest BCUT2D eigenvalue weighted by Gasteiger charge is 2.29. The molecular formula is C18H18ClNO5. The van der Waals surface area contributed by atoms with Crippen LogP contribution >= 0.6 is 11.6 Å². The normalized spacial score (nSPS) is 10.4. The molecule has 0 aliphatic heterocycles. The standard InChI is InChI=1S/C18H18ClNO5/c1-4-25-18(23)16-13(9-21)20-10(2)14(17(22)24-3)15(16)11-7-5-6-8-12(11)19/h5-8,21H,4,9H2,1-3H3. The molecule has 1 aromatic carbocycles. The minimum atomic E-state index is -0.695. The number of aryl methyl sites for hydroxylation is 1. The van der Waals surface area contributed by atoms with Crippen LogP contribution in [0.3, 0.4) is 0 Å². The Morgan fingerprint density at radius 1 is 1.20 bits per heavy atom. The number of methoxy groups -OCH3 is 1. The van der Waals surface area contributed by atoms with Crippen LogP contribution in [0.4, 0.5) is 0 Å². The highest BCUT2D eigenvalue weighted by molar-refractivity contribution is 6.34. The van der Waals surface area contributed by atoms with E-state index in [-0.39, 0.29) is 29.0 Å². The lowest BCUT2D eigenvalue weighted by atomic mass is 9.92. The molecule has 0 aliphatic carbocycles. The van der Waals surface area contributed by atoms with Crippen LogP contribution in [0, 0.1) is 6.92 Å². The molecular weight excluding hydrogens is 346 g/mol. The number of esters is 2. The lowest BCUT2D eigenvalue weighted by molar-refractivity contribution is 0.0523. The van der Waals surface area contributed by atoms with Crippen molar-refractivity contribution in [2.24, 2.45) is 0 Å². The third-order valence-corrected chi connectivity index (χ3v) is 3.94. The second-order valence-electron chi connectivity index (χ2n) is 5.12. The Labute approximate surface area is 150 Å². The molecule has 0 spiro atoms. The maximum Gasteiger partial charge on any atom is 0.340 e. The summed E-state index contributed by atoms with van der Waals surface area (Å²) in [6.45, 7) is 2.90. The molecule has 2 aromatic rings. The first kappa shape index (κ1) is 18.9. The Bertz CT molecular complexity index is 819. The van der Waals surface area contributed by atoms with Crippen LogP contribution in [0.25, 0.3) is 11.1 Å². The number of halogens is 1. The van der Waals surface area contributed by atoms with E-state index >= 15 is 0 Å². The fourth-order valence-electron chi connectivity index (χ4n) is 2.59. The van der Waals surface area contributed by atoms with E-state index < -0.39 is 18.5 Å². The molecule has 1 aromatic heterocycles. The average molecular weight is 364 g/mol. The van der Waals surface area contributed by atoms with Crippen LogP contribution in [0.5, 0.6) is 0 Å². The van der Waals surface area contributed by atoms with E-state index in [1.165, 1.54) is 7.11 Å². The van der Waals surface area contributed by atoms with Crippen molar-refractivity contribution < 1.29 is 24.2 Å². The summed E-state index contributed by atoms with van der Waals surface area (Å²) in [4.78, 5) is 29.1. The van der Waals surface area contributed by atoms with Gasteiger partial charge in [-0.05, 0) is 19.9 Å².